The predicted molar refractivity (Wildman–Crippen MR) is 66.3 cm³/mol. The maximum atomic E-state index is 5.88. The van der Waals surface area contributed by atoms with Gasteiger partial charge < -0.3 is 10.7 Å². The largest absolute Gasteiger partial charge is 0.398 e. The fraction of sp³-hybridized carbons (Fsp3) is 0.0833. The number of rotatable bonds is 1. The number of nitrogens with two attached hydrogens (primary N) is 1. The van der Waals surface area contributed by atoms with E-state index in [1.54, 1.807) is 6.20 Å². The summed E-state index contributed by atoms with van der Waals surface area (Å²) in [6.07, 6.45) is 3.19. The summed E-state index contributed by atoms with van der Waals surface area (Å²) in [5, 5.41) is 0. The normalized spacial score (nSPS) is 10.9. The van der Waals surface area contributed by atoms with Crippen molar-refractivity contribution in [3.05, 3.63) is 36.3 Å². The third kappa shape index (κ3) is 1.52. The van der Waals surface area contributed by atoms with E-state index in [0.29, 0.717) is 5.65 Å². The summed E-state index contributed by atoms with van der Waals surface area (Å²) >= 11 is 0. The van der Waals surface area contributed by atoms with Gasteiger partial charge in [-0.2, -0.15) is 0 Å². The minimum atomic E-state index is 0.664. The lowest BCUT2D eigenvalue weighted by Gasteiger charge is -2.04. The average Bonchev–Trinajstić information content (AvgIpc) is 2.76. The zero-order valence-electron chi connectivity index (χ0n) is 9.31. The molecule has 5 nitrogen and oxygen atoms in total. The molecule has 3 N–H and O–H groups in total. The van der Waals surface area contributed by atoms with Crippen LogP contribution in [-0.2, 0) is 0 Å². The molecule has 0 bridgehead atoms. The number of imidazole rings is 1. The van der Waals surface area contributed by atoms with E-state index in [9.17, 15) is 0 Å². The average molecular weight is 225 g/mol. The molecule has 0 fully saturated rings. The predicted octanol–water partition coefficient (Wildman–Crippen LogP) is 1.91. The van der Waals surface area contributed by atoms with Crippen LogP contribution in [0, 0.1) is 6.92 Å². The molecule has 3 rings (SSSR count). The summed E-state index contributed by atoms with van der Waals surface area (Å²) < 4.78 is 0. The van der Waals surface area contributed by atoms with Gasteiger partial charge in [0.1, 0.15) is 17.7 Å². The van der Waals surface area contributed by atoms with Crippen molar-refractivity contribution < 1.29 is 0 Å². The first-order chi connectivity index (χ1) is 8.25. The minimum absolute atomic E-state index is 0.664. The third-order valence-electron chi connectivity index (χ3n) is 2.79. The Morgan fingerprint density at radius 1 is 1.29 bits per heavy atom. The van der Waals surface area contributed by atoms with E-state index in [1.165, 1.54) is 6.33 Å². The fourth-order valence-electron chi connectivity index (χ4n) is 1.80. The highest BCUT2D eigenvalue weighted by Crippen LogP contribution is 2.25. The van der Waals surface area contributed by atoms with Crippen LogP contribution in [0.4, 0.5) is 5.69 Å². The lowest BCUT2D eigenvalue weighted by Crippen LogP contribution is -1.92. The lowest BCUT2D eigenvalue weighted by atomic mass is 10.1. The van der Waals surface area contributed by atoms with E-state index < -0.39 is 0 Å². The molecular formula is C12H11N5. The van der Waals surface area contributed by atoms with Gasteiger partial charge in [0.25, 0.3) is 0 Å². The van der Waals surface area contributed by atoms with Gasteiger partial charge in [-0.25, -0.2) is 15.0 Å². The molecule has 17 heavy (non-hydrogen) atoms. The van der Waals surface area contributed by atoms with Crippen molar-refractivity contribution in [2.75, 3.05) is 5.73 Å². The molecule has 0 aliphatic carbocycles. The highest BCUT2D eigenvalue weighted by atomic mass is 15.0. The second-order valence-electron chi connectivity index (χ2n) is 3.87. The fourth-order valence-corrected chi connectivity index (χ4v) is 1.80. The number of H-pyrrole nitrogens is 1. The zero-order valence-corrected chi connectivity index (χ0v) is 9.31. The molecule has 84 valence electrons. The Balaban J connectivity index is 2.24. The summed E-state index contributed by atoms with van der Waals surface area (Å²) in [6.45, 7) is 1.98. The Bertz CT molecular complexity index is 653. The zero-order chi connectivity index (χ0) is 11.8. The molecule has 0 spiro atoms. The van der Waals surface area contributed by atoms with E-state index in [2.05, 4.69) is 19.9 Å². The molecule has 0 amide bonds. The summed E-state index contributed by atoms with van der Waals surface area (Å²) in [5.41, 5.74) is 10.1. The maximum Gasteiger partial charge on any atom is 0.181 e. The SMILES string of the molecule is Cc1c(N)cccc1-c1nc2ncncc2[nH]1. The molecule has 0 unspecified atom stereocenters. The van der Waals surface area contributed by atoms with Crippen molar-refractivity contribution in [2.45, 2.75) is 6.92 Å². The summed E-state index contributed by atoms with van der Waals surface area (Å²) in [5.74, 6) is 0.769. The van der Waals surface area contributed by atoms with Gasteiger partial charge in [0.2, 0.25) is 0 Å². The Hall–Kier alpha value is -2.43. The van der Waals surface area contributed by atoms with E-state index in [0.717, 1.165) is 28.2 Å². The molecule has 0 radical (unpaired) electrons. The Kier molecular flexibility index (Phi) is 2.04. The van der Waals surface area contributed by atoms with Gasteiger partial charge in [0.15, 0.2) is 5.65 Å². The van der Waals surface area contributed by atoms with E-state index in [1.807, 2.05) is 25.1 Å². The molecule has 5 heteroatoms. The molecular weight excluding hydrogens is 214 g/mol. The second kappa shape index (κ2) is 3.55. The Labute approximate surface area is 97.7 Å². The lowest BCUT2D eigenvalue weighted by molar-refractivity contribution is 1.20. The number of benzene rings is 1. The quantitative estimate of drug-likeness (QED) is 0.620. The summed E-state index contributed by atoms with van der Waals surface area (Å²) in [7, 11) is 0. The van der Waals surface area contributed by atoms with Gasteiger partial charge >= 0.3 is 0 Å². The Morgan fingerprint density at radius 3 is 3.00 bits per heavy atom. The van der Waals surface area contributed by atoms with Gasteiger partial charge in [-0.3, -0.25) is 0 Å². The van der Waals surface area contributed by atoms with E-state index in [-0.39, 0.29) is 0 Å². The van der Waals surface area contributed by atoms with Gasteiger partial charge in [-0.1, -0.05) is 12.1 Å². The van der Waals surface area contributed by atoms with Crippen LogP contribution in [0.5, 0.6) is 0 Å². The van der Waals surface area contributed by atoms with Crippen LogP contribution in [0.2, 0.25) is 0 Å². The van der Waals surface area contributed by atoms with Crippen molar-refractivity contribution in [3.8, 4) is 11.4 Å². The molecule has 2 aromatic heterocycles. The van der Waals surface area contributed by atoms with Gasteiger partial charge in [-0.05, 0) is 18.6 Å². The van der Waals surface area contributed by atoms with Crippen molar-refractivity contribution in [2.24, 2.45) is 0 Å². The van der Waals surface area contributed by atoms with Gasteiger partial charge in [0, 0.05) is 11.3 Å². The van der Waals surface area contributed by atoms with Gasteiger partial charge in [-0.15, -0.1) is 0 Å². The first-order valence-corrected chi connectivity index (χ1v) is 5.27. The van der Waals surface area contributed by atoms with Crippen molar-refractivity contribution in [1.82, 2.24) is 19.9 Å². The van der Waals surface area contributed by atoms with Crippen molar-refractivity contribution in [3.63, 3.8) is 0 Å². The standard InChI is InChI=1S/C12H11N5/c1-7-8(3-2-4-9(7)13)11-16-10-5-14-6-15-12(10)17-11/h2-6H,13H2,1H3,(H,14,15,16,17). The molecule has 3 aromatic rings. The molecule has 0 aliphatic heterocycles. The van der Waals surface area contributed by atoms with Crippen LogP contribution in [0.25, 0.3) is 22.6 Å². The number of nitrogens with zero attached hydrogens (tertiary/aromatic N) is 3. The smallest absolute Gasteiger partial charge is 0.181 e. The molecule has 2 heterocycles. The highest BCUT2D eigenvalue weighted by Gasteiger charge is 2.09. The first kappa shape index (κ1) is 9.77. The van der Waals surface area contributed by atoms with Crippen LogP contribution < -0.4 is 5.73 Å². The van der Waals surface area contributed by atoms with Crippen LogP contribution >= 0.6 is 0 Å². The van der Waals surface area contributed by atoms with Crippen molar-refractivity contribution in [1.29, 1.82) is 0 Å². The number of fused-ring (bicyclic) bond motifs is 1. The number of aromatic nitrogens is 4. The van der Waals surface area contributed by atoms with Crippen molar-refractivity contribution >= 4 is 16.9 Å². The number of aromatic amines is 1. The number of hydrogen-bond acceptors (Lipinski definition) is 4. The summed E-state index contributed by atoms with van der Waals surface area (Å²) in [4.78, 5) is 15.7. The molecule has 1 aromatic carbocycles. The molecule has 0 saturated carbocycles. The number of nitrogen functional groups attached to an aromatic ring is 1. The summed E-state index contributed by atoms with van der Waals surface area (Å²) in [6, 6.07) is 5.77. The van der Waals surface area contributed by atoms with Crippen LogP contribution in [-0.4, -0.2) is 19.9 Å². The third-order valence-corrected chi connectivity index (χ3v) is 2.79. The number of hydrogen-bond donors (Lipinski definition) is 2. The molecule has 0 aliphatic rings. The van der Waals surface area contributed by atoms with Crippen LogP contribution in [0.3, 0.4) is 0 Å². The highest BCUT2D eigenvalue weighted by molar-refractivity contribution is 5.77. The van der Waals surface area contributed by atoms with Gasteiger partial charge in [0.05, 0.1) is 6.20 Å². The number of anilines is 1. The van der Waals surface area contributed by atoms with E-state index >= 15 is 0 Å². The second-order valence-corrected chi connectivity index (χ2v) is 3.87. The maximum absolute atomic E-state index is 5.88. The topological polar surface area (TPSA) is 80.5 Å². The molecule has 0 saturated heterocycles. The monoisotopic (exact) mass is 225 g/mol. The molecule has 0 atom stereocenters. The Morgan fingerprint density at radius 2 is 2.18 bits per heavy atom. The minimum Gasteiger partial charge on any atom is -0.398 e. The first-order valence-electron chi connectivity index (χ1n) is 5.27. The van der Waals surface area contributed by atoms with Crippen LogP contribution in [0.15, 0.2) is 30.7 Å². The van der Waals surface area contributed by atoms with Crippen LogP contribution in [0.1, 0.15) is 5.56 Å². The number of nitrogens with one attached hydrogen (secondary N) is 1. The van der Waals surface area contributed by atoms with E-state index in [4.69, 9.17) is 5.73 Å².